The maximum absolute atomic E-state index is 12.2. The van der Waals surface area contributed by atoms with Crippen LogP contribution in [0.2, 0.25) is 0 Å². The Kier molecular flexibility index (Phi) is 4.36. The first-order chi connectivity index (χ1) is 6.90. The van der Waals surface area contributed by atoms with E-state index in [0.717, 1.165) is 5.75 Å². The van der Waals surface area contributed by atoms with Crippen LogP contribution in [0.25, 0.3) is 0 Å². The summed E-state index contributed by atoms with van der Waals surface area (Å²) >= 11 is 0. The van der Waals surface area contributed by atoms with E-state index in [1.54, 1.807) is 0 Å². The lowest BCUT2D eigenvalue weighted by atomic mass is 9.83. The molecule has 1 aliphatic carbocycles. The lowest BCUT2D eigenvalue weighted by Crippen LogP contribution is -2.51. The summed E-state index contributed by atoms with van der Waals surface area (Å²) < 4.78 is 12.1. The van der Waals surface area contributed by atoms with Gasteiger partial charge in [0.15, 0.2) is 0 Å². The summed E-state index contributed by atoms with van der Waals surface area (Å²) in [4.78, 5) is 0. The molecule has 1 saturated carbocycles. The molecule has 1 fully saturated rings. The van der Waals surface area contributed by atoms with E-state index in [0.29, 0.717) is 0 Å². The smallest absolute Gasteiger partial charge is 0.0422 e. The van der Waals surface area contributed by atoms with Crippen LogP contribution in [0.3, 0.4) is 0 Å². The van der Waals surface area contributed by atoms with Gasteiger partial charge in [-0.05, 0) is 40.7 Å². The van der Waals surface area contributed by atoms with E-state index < -0.39 is 10.8 Å². The maximum Gasteiger partial charge on any atom is 0.0422 e. The zero-order chi connectivity index (χ0) is 11.5. The molecule has 2 nitrogen and oxygen atoms in total. The lowest BCUT2D eigenvalue weighted by molar-refractivity contribution is 0.275. The quantitative estimate of drug-likeness (QED) is 0.808. The van der Waals surface area contributed by atoms with Gasteiger partial charge in [-0.1, -0.05) is 19.3 Å². The van der Waals surface area contributed by atoms with Crippen molar-refractivity contribution >= 4 is 10.8 Å². The van der Waals surface area contributed by atoms with Crippen molar-refractivity contribution in [2.45, 2.75) is 63.2 Å². The van der Waals surface area contributed by atoms with E-state index >= 15 is 0 Å². The Morgan fingerprint density at radius 3 is 2.13 bits per heavy atom. The molecule has 1 atom stereocenters. The van der Waals surface area contributed by atoms with Gasteiger partial charge >= 0.3 is 0 Å². The van der Waals surface area contributed by atoms with E-state index in [1.165, 1.54) is 32.1 Å². The van der Waals surface area contributed by atoms with Crippen LogP contribution < -0.4 is 5.32 Å². The molecule has 90 valence electrons. The third kappa shape index (κ3) is 3.56. The summed E-state index contributed by atoms with van der Waals surface area (Å²) in [6.07, 6.45) is 6.27. The zero-order valence-electron chi connectivity index (χ0n) is 10.6. The molecular weight excluding hydrogens is 206 g/mol. The molecule has 0 aromatic rings. The second-order valence-corrected chi connectivity index (χ2v) is 7.90. The second-order valence-electron chi connectivity index (χ2n) is 5.69. The van der Waals surface area contributed by atoms with Crippen molar-refractivity contribution in [1.29, 1.82) is 0 Å². The minimum atomic E-state index is -0.737. The van der Waals surface area contributed by atoms with Crippen LogP contribution in [0.1, 0.15) is 52.9 Å². The maximum atomic E-state index is 12.2. The Balaban J connectivity index is 2.63. The molecule has 0 radical (unpaired) electrons. The SMILES string of the molecule is CNC1(CS(=O)C(C)(C)C)CCCCC1. The number of hydrogen-bond acceptors (Lipinski definition) is 2. The van der Waals surface area contributed by atoms with Crippen molar-refractivity contribution in [2.75, 3.05) is 12.8 Å². The number of nitrogens with one attached hydrogen (secondary N) is 1. The third-order valence-electron chi connectivity index (χ3n) is 3.43. The van der Waals surface area contributed by atoms with Gasteiger partial charge in [0, 0.05) is 26.8 Å². The van der Waals surface area contributed by atoms with Crippen LogP contribution in [0.4, 0.5) is 0 Å². The van der Waals surface area contributed by atoms with Gasteiger partial charge in [0.25, 0.3) is 0 Å². The Morgan fingerprint density at radius 1 is 1.20 bits per heavy atom. The Morgan fingerprint density at radius 2 is 1.73 bits per heavy atom. The van der Waals surface area contributed by atoms with Gasteiger partial charge < -0.3 is 5.32 Å². The van der Waals surface area contributed by atoms with E-state index in [1.807, 2.05) is 7.05 Å². The molecule has 15 heavy (non-hydrogen) atoms. The topological polar surface area (TPSA) is 29.1 Å². The van der Waals surface area contributed by atoms with Crippen molar-refractivity contribution in [3.05, 3.63) is 0 Å². The summed E-state index contributed by atoms with van der Waals surface area (Å²) in [6.45, 7) is 6.19. The fourth-order valence-electron chi connectivity index (χ4n) is 2.16. The molecule has 0 aromatic carbocycles. The molecule has 1 aliphatic rings. The second kappa shape index (κ2) is 4.96. The van der Waals surface area contributed by atoms with E-state index in [2.05, 4.69) is 26.1 Å². The van der Waals surface area contributed by atoms with Gasteiger partial charge in [-0.3, -0.25) is 4.21 Å². The van der Waals surface area contributed by atoms with Crippen LogP contribution in [0.15, 0.2) is 0 Å². The van der Waals surface area contributed by atoms with Gasteiger partial charge in [0.2, 0.25) is 0 Å². The van der Waals surface area contributed by atoms with Gasteiger partial charge in [-0.15, -0.1) is 0 Å². The van der Waals surface area contributed by atoms with Crippen LogP contribution in [0.5, 0.6) is 0 Å². The standard InChI is InChI=1S/C12H25NOS/c1-11(2,3)15(14)10-12(13-4)8-6-5-7-9-12/h13H,5-10H2,1-4H3. The largest absolute Gasteiger partial charge is 0.313 e. The monoisotopic (exact) mass is 231 g/mol. The van der Waals surface area contributed by atoms with Crippen molar-refractivity contribution in [3.63, 3.8) is 0 Å². The molecule has 0 amide bonds. The predicted molar refractivity (Wildman–Crippen MR) is 67.6 cm³/mol. The highest BCUT2D eigenvalue weighted by Crippen LogP contribution is 2.30. The molecular formula is C12H25NOS. The van der Waals surface area contributed by atoms with Gasteiger partial charge in [-0.25, -0.2) is 0 Å². The molecule has 0 bridgehead atoms. The molecule has 0 saturated heterocycles. The van der Waals surface area contributed by atoms with Gasteiger partial charge in [0.1, 0.15) is 0 Å². The highest BCUT2D eigenvalue weighted by Gasteiger charge is 2.35. The molecule has 1 rings (SSSR count). The Labute approximate surface area is 96.7 Å². The van der Waals surface area contributed by atoms with Crippen LogP contribution in [-0.2, 0) is 10.8 Å². The van der Waals surface area contributed by atoms with Gasteiger partial charge in [-0.2, -0.15) is 0 Å². The first-order valence-electron chi connectivity index (χ1n) is 5.97. The first kappa shape index (κ1) is 13.2. The van der Waals surface area contributed by atoms with Crippen molar-refractivity contribution in [1.82, 2.24) is 5.32 Å². The minimum Gasteiger partial charge on any atom is -0.313 e. The molecule has 1 unspecified atom stereocenters. The van der Waals surface area contributed by atoms with E-state index in [4.69, 9.17) is 0 Å². The Bertz CT molecular complexity index is 226. The highest BCUT2D eigenvalue weighted by molar-refractivity contribution is 7.86. The average Bonchev–Trinajstić information content (AvgIpc) is 2.18. The molecule has 0 heterocycles. The van der Waals surface area contributed by atoms with Crippen LogP contribution >= 0.6 is 0 Å². The molecule has 1 N–H and O–H groups in total. The Hall–Kier alpha value is 0.110. The van der Waals surface area contributed by atoms with Gasteiger partial charge in [0.05, 0.1) is 0 Å². The fourth-order valence-corrected chi connectivity index (χ4v) is 3.53. The summed E-state index contributed by atoms with van der Waals surface area (Å²) in [5, 5.41) is 3.43. The summed E-state index contributed by atoms with van der Waals surface area (Å²) in [5.74, 6) is 0.812. The van der Waals surface area contributed by atoms with Crippen LogP contribution in [0, 0.1) is 0 Å². The number of hydrogen-bond donors (Lipinski definition) is 1. The van der Waals surface area contributed by atoms with E-state index in [-0.39, 0.29) is 10.3 Å². The number of rotatable bonds is 3. The van der Waals surface area contributed by atoms with Crippen molar-refractivity contribution in [3.8, 4) is 0 Å². The normalized spacial score (nSPS) is 23.7. The van der Waals surface area contributed by atoms with Crippen LogP contribution in [-0.4, -0.2) is 27.3 Å². The lowest BCUT2D eigenvalue weighted by Gasteiger charge is -2.38. The summed E-state index contributed by atoms with van der Waals surface area (Å²) in [7, 11) is 1.28. The highest BCUT2D eigenvalue weighted by atomic mass is 32.2. The zero-order valence-corrected chi connectivity index (χ0v) is 11.4. The first-order valence-corrected chi connectivity index (χ1v) is 7.29. The molecule has 0 aliphatic heterocycles. The van der Waals surface area contributed by atoms with Crippen molar-refractivity contribution in [2.24, 2.45) is 0 Å². The van der Waals surface area contributed by atoms with Crippen molar-refractivity contribution < 1.29 is 4.21 Å². The minimum absolute atomic E-state index is 0.0820. The summed E-state index contributed by atoms with van der Waals surface area (Å²) in [5.41, 5.74) is 0.149. The molecule has 3 heteroatoms. The van der Waals surface area contributed by atoms with E-state index in [9.17, 15) is 4.21 Å². The summed E-state index contributed by atoms with van der Waals surface area (Å²) in [6, 6.07) is 0. The predicted octanol–water partition coefficient (Wildman–Crippen LogP) is 2.46. The third-order valence-corrected chi connectivity index (χ3v) is 5.61. The molecule has 0 spiro atoms. The fraction of sp³-hybridized carbons (Fsp3) is 1.00. The average molecular weight is 231 g/mol. The molecule has 0 aromatic heterocycles.